The van der Waals surface area contributed by atoms with Crippen molar-refractivity contribution in [2.75, 3.05) is 0 Å². The Kier molecular flexibility index (Phi) is 1.58. The fraction of sp³-hybridized carbons (Fsp3) is 0.429. The number of nitrogens with one attached hydrogen (secondary N) is 1. The maximum Gasteiger partial charge on any atom is 0.313 e. The summed E-state index contributed by atoms with van der Waals surface area (Å²) in [7, 11) is 0. The van der Waals surface area contributed by atoms with Gasteiger partial charge in [-0.1, -0.05) is 5.16 Å². The first-order valence-electron chi connectivity index (χ1n) is 3.72. The molecule has 1 aromatic rings. The Hall–Kier alpha value is -1.36. The Balaban J connectivity index is 2.17. The van der Waals surface area contributed by atoms with Crippen LogP contribution < -0.4 is 5.48 Å². The summed E-state index contributed by atoms with van der Waals surface area (Å²) in [5.41, 5.74) is 2.28. The molecule has 1 heterocycles. The van der Waals surface area contributed by atoms with E-state index in [2.05, 4.69) is 5.16 Å². The number of rotatable bonds is 2. The van der Waals surface area contributed by atoms with Gasteiger partial charge in [0.1, 0.15) is 0 Å². The van der Waals surface area contributed by atoms with Gasteiger partial charge in [-0.15, -0.1) is 0 Å². The molecule has 0 bridgehead atoms. The highest BCUT2D eigenvalue weighted by atomic mass is 16.5. The van der Waals surface area contributed by atoms with Crippen LogP contribution in [0.2, 0.25) is 0 Å². The van der Waals surface area contributed by atoms with E-state index in [4.69, 9.17) is 9.73 Å². The Morgan fingerprint density at radius 3 is 3.08 bits per heavy atom. The van der Waals surface area contributed by atoms with Gasteiger partial charge in [0.15, 0.2) is 0 Å². The number of amides is 1. The van der Waals surface area contributed by atoms with Crippen molar-refractivity contribution in [2.45, 2.75) is 18.8 Å². The van der Waals surface area contributed by atoms with Crippen molar-refractivity contribution in [1.82, 2.24) is 10.6 Å². The molecule has 12 heavy (non-hydrogen) atoms. The fourth-order valence-electron chi connectivity index (χ4n) is 1.02. The molecule has 0 spiro atoms. The summed E-state index contributed by atoms with van der Waals surface area (Å²) in [4.78, 5) is 10.8. The molecular formula is C7H8N2O3. The standard InChI is InChI=1S/C7H8N2O3/c10-7(8-11)6-3-5(9-12-6)4-1-2-4/h3-4,11H,1-2H2,(H,8,10). The zero-order valence-electron chi connectivity index (χ0n) is 6.28. The van der Waals surface area contributed by atoms with E-state index in [1.807, 2.05) is 0 Å². The number of hydroxylamine groups is 1. The predicted molar refractivity (Wildman–Crippen MR) is 37.7 cm³/mol. The van der Waals surface area contributed by atoms with Gasteiger partial charge in [0.25, 0.3) is 0 Å². The maximum atomic E-state index is 10.8. The molecule has 0 saturated heterocycles. The summed E-state index contributed by atoms with van der Waals surface area (Å²) < 4.78 is 4.70. The fourth-order valence-corrected chi connectivity index (χ4v) is 1.02. The molecule has 1 amide bonds. The van der Waals surface area contributed by atoms with E-state index in [9.17, 15) is 4.79 Å². The Labute approximate surface area is 68.3 Å². The molecule has 5 nitrogen and oxygen atoms in total. The van der Waals surface area contributed by atoms with Crippen molar-refractivity contribution < 1.29 is 14.5 Å². The first-order chi connectivity index (χ1) is 5.81. The molecule has 0 atom stereocenters. The molecule has 1 aromatic heterocycles. The van der Waals surface area contributed by atoms with Crippen molar-refractivity contribution in [3.8, 4) is 0 Å². The Morgan fingerprint density at radius 1 is 1.75 bits per heavy atom. The zero-order valence-corrected chi connectivity index (χ0v) is 6.28. The molecule has 0 radical (unpaired) electrons. The average molecular weight is 168 g/mol. The van der Waals surface area contributed by atoms with Crippen LogP contribution in [0.3, 0.4) is 0 Å². The van der Waals surface area contributed by atoms with Gasteiger partial charge in [0, 0.05) is 12.0 Å². The van der Waals surface area contributed by atoms with Gasteiger partial charge in [-0.05, 0) is 12.8 Å². The number of hydrogen-bond donors (Lipinski definition) is 2. The first-order valence-corrected chi connectivity index (χ1v) is 3.72. The quantitative estimate of drug-likeness (QED) is 0.502. The van der Waals surface area contributed by atoms with Gasteiger partial charge >= 0.3 is 5.91 Å². The summed E-state index contributed by atoms with van der Waals surface area (Å²) in [6, 6.07) is 1.56. The third kappa shape index (κ3) is 1.18. The predicted octanol–water partition coefficient (Wildman–Crippen LogP) is 0.671. The first kappa shape index (κ1) is 7.30. The molecule has 64 valence electrons. The molecule has 1 saturated carbocycles. The van der Waals surface area contributed by atoms with Crippen molar-refractivity contribution in [2.24, 2.45) is 0 Å². The maximum absolute atomic E-state index is 10.8. The van der Waals surface area contributed by atoms with Crippen LogP contribution in [0, 0.1) is 0 Å². The minimum absolute atomic E-state index is 0.0550. The summed E-state index contributed by atoms with van der Waals surface area (Å²) >= 11 is 0. The van der Waals surface area contributed by atoms with Crippen LogP contribution in [0.25, 0.3) is 0 Å². The molecule has 0 aliphatic heterocycles. The number of aromatic nitrogens is 1. The zero-order chi connectivity index (χ0) is 8.55. The summed E-state index contributed by atoms with van der Waals surface area (Å²) in [5.74, 6) is -0.150. The minimum atomic E-state index is -0.658. The molecule has 0 unspecified atom stereocenters. The van der Waals surface area contributed by atoms with Gasteiger partial charge < -0.3 is 4.52 Å². The van der Waals surface area contributed by atoms with Crippen LogP contribution >= 0.6 is 0 Å². The van der Waals surface area contributed by atoms with Crippen LogP contribution in [0.4, 0.5) is 0 Å². The van der Waals surface area contributed by atoms with Crippen molar-refractivity contribution in [1.29, 1.82) is 0 Å². The number of hydrogen-bond acceptors (Lipinski definition) is 4. The van der Waals surface area contributed by atoms with Crippen LogP contribution in [-0.4, -0.2) is 16.3 Å². The summed E-state index contributed by atoms with van der Waals surface area (Å²) in [6.45, 7) is 0. The highest BCUT2D eigenvalue weighted by molar-refractivity contribution is 5.90. The second-order valence-electron chi connectivity index (χ2n) is 2.83. The molecule has 1 aliphatic rings. The lowest BCUT2D eigenvalue weighted by Gasteiger charge is -1.87. The second-order valence-corrected chi connectivity index (χ2v) is 2.83. The number of nitrogens with zero attached hydrogens (tertiary/aromatic N) is 1. The normalized spacial score (nSPS) is 16.1. The molecule has 1 aliphatic carbocycles. The Morgan fingerprint density at radius 2 is 2.50 bits per heavy atom. The van der Waals surface area contributed by atoms with E-state index in [0.717, 1.165) is 18.5 Å². The van der Waals surface area contributed by atoms with Crippen molar-refractivity contribution >= 4 is 5.91 Å². The van der Waals surface area contributed by atoms with Gasteiger partial charge in [-0.25, -0.2) is 5.48 Å². The van der Waals surface area contributed by atoms with Crippen LogP contribution in [-0.2, 0) is 0 Å². The van der Waals surface area contributed by atoms with Crippen molar-refractivity contribution in [3.63, 3.8) is 0 Å². The van der Waals surface area contributed by atoms with Crippen molar-refractivity contribution in [3.05, 3.63) is 17.5 Å². The monoisotopic (exact) mass is 168 g/mol. The van der Waals surface area contributed by atoms with Gasteiger partial charge in [-0.3, -0.25) is 10.0 Å². The number of carbonyl (C=O) groups excluding carboxylic acids is 1. The SMILES string of the molecule is O=C(NO)c1cc(C2CC2)no1. The van der Waals surface area contributed by atoms with E-state index < -0.39 is 5.91 Å². The van der Waals surface area contributed by atoms with Crippen LogP contribution in [0.15, 0.2) is 10.6 Å². The molecule has 0 aromatic carbocycles. The lowest BCUT2D eigenvalue weighted by atomic mass is 10.3. The molecule has 1 fully saturated rings. The number of carbonyl (C=O) groups is 1. The van der Waals surface area contributed by atoms with Crippen LogP contribution in [0.5, 0.6) is 0 Å². The second kappa shape index (κ2) is 2.60. The third-order valence-electron chi connectivity index (χ3n) is 1.85. The largest absolute Gasteiger partial charge is 0.351 e. The smallest absolute Gasteiger partial charge is 0.313 e. The lowest BCUT2D eigenvalue weighted by molar-refractivity contribution is 0.0667. The van der Waals surface area contributed by atoms with Crippen LogP contribution in [0.1, 0.15) is 35.0 Å². The lowest BCUT2D eigenvalue weighted by Crippen LogP contribution is -2.17. The summed E-state index contributed by atoms with van der Waals surface area (Å²) in [5, 5.41) is 12.0. The highest BCUT2D eigenvalue weighted by Crippen LogP contribution is 2.39. The Bertz CT molecular complexity index is 303. The molecule has 2 N–H and O–H groups in total. The van der Waals surface area contributed by atoms with Gasteiger partial charge in [0.2, 0.25) is 5.76 Å². The van der Waals surface area contributed by atoms with E-state index in [1.165, 1.54) is 5.48 Å². The van der Waals surface area contributed by atoms with Gasteiger partial charge in [-0.2, -0.15) is 0 Å². The molecule has 2 rings (SSSR count). The summed E-state index contributed by atoms with van der Waals surface area (Å²) in [6.07, 6.45) is 2.21. The minimum Gasteiger partial charge on any atom is -0.351 e. The van der Waals surface area contributed by atoms with E-state index >= 15 is 0 Å². The van der Waals surface area contributed by atoms with E-state index in [0.29, 0.717) is 5.92 Å². The topological polar surface area (TPSA) is 75.4 Å². The van der Waals surface area contributed by atoms with E-state index in [1.54, 1.807) is 6.07 Å². The third-order valence-corrected chi connectivity index (χ3v) is 1.85. The molecule has 5 heteroatoms. The van der Waals surface area contributed by atoms with E-state index in [-0.39, 0.29) is 5.76 Å². The average Bonchev–Trinajstić information content (AvgIpc) is 2.83. The highest BCUT2D eigenvalue weighted by Gasteiger charge is 2.28. The molecular weight excluding hydrogens is 160 g/mol. The van der Waals surface area contributed by atoms with Gasteiger partial charge in [0.05, 0.1) is 5.69 Å².